The van der Waals surface area contributed by atoms with Crippen LogP contribution in [0.15, 0.2) is 18.2 Å². The first kappa shape index (κ1) is 16.8. The minimum absolute atomic E-state index is 0.0783. The summed E-state index contributed by atoms with van der Waals surface area (Å²) in [6, 6.07) is 2.26. The van der Waals surface area contributed by atoms with E-state index in [0.717, 1.165) is 28.8 Å². The molecule has 120 valence electrons. The van der Waals surface area contributed by atoms with Crippen molar-refractivity contribution in [2.75, 3.05) is 17.2 Å². The molecule has 1 aliphatic rings. The number of alkyl halides is 3. The van der Waals surface area contributed by atoms with E-state index in [1.54, 1.807) is 0 Å². The van der Waals surface area contributed by atoms with Gasteiger partial charge < -0.3 is 4.90 Å². The van der Waals surface area contributed by atoms with Crippen LogP contribution in [0, 0.1) is 11.7 Å². The van der Waals surface area contributed by atoms with Gasteiger partial charge in [-0.1, -0.05) is 11.8 Å². The number of amides is 1. The SMILES string of the molecule is CC(=O)SCC1CC(=O)N(c2ccc(F)cc2C(F)(F)F)C1. The zero-order valence-corrected chi connectivity index (χ0v) is 12.4. The Morgan fingerprint density at radius 1 is 1.41 bits per heavy atom. The maximum absolute atomic E-state index is 13.1. The van der Waals surface area contributed by atoms with Gasteiger partial charge in [0.15, 0.2) is 5.12 Å². The molecule has 0 bridgehead atoms. The van der Waals surface area contributed by atoms with E-state index in [2.05, 4.69) is 0 Å². The molecular weight excluding hydrogens is 322 g/mol. The molecule has 1 heterocycles. The van der Waals surface area contributed by atoms with E-state index in [1.165, 1.54) is 6.92 Å². The van der Waals surface area contributed by atoms with Gasteiger partial charge in [-0.3, -0.25) is 9.59 Å². The monoisotopic (exact) mass is 335 g/mol. The topological polar surface area (TPSA) is 37.4 Å². The van der Waals surface area contributed by atoms with Gasteiger partial charge in [0.05, 0.1) is 11.3 Å². The first-order chi connectivity index (χ1) is 10.2. The first-order valence-corrected chi connectivity index (χ1v) is 7.47. The van der Waals surface area contributed by atoms with Gasteiger partial charge in [0.1, 0.15) is 5.82 Å². The van der Waals surface area contributed by atoms with Crippen LogP contribution in [0.3, 0.4) is 0 Å². The lowest BCUT2D eigenvalue weighted by Gasteiger charge is -2.21. The summed E-state index contributed by atoms with van der Waals surface area (Å²) in [7, 11) is 0. The largest absolute Gasteiger partial charge is 0.418 e. The quantitative estimate of drug-likeness (QED) is 0.794. The number of hydrogen-bond donors (Lipinski definition) is 0. The van der Waals surface area contributed by atoms with Gasteiger partial charge >= 0.3 is 6.18 Å². The highest BCUT2D eigenvalue weighted by atomic mass is 32.2. The van der Waals surface area contributed by atoms with E-state index in [0.29, 0.717) is 11.8 Å². The molecule has 0 N–H and O–H groups in total. The van der Waals surface area contributed by atoms with Crippen molar-refractivity contribution in [2.24, 2.45) is 5.92 Å². The number of hydrogen-bond acceptors (Lipinski definition) is 3. The van der Waals surface area contributed by atoms with Crippen LogP contribution in [-0.4, -0.2) is 23.3 Å². The van der Waals surface area contributed by atoms with Crippen LogP contribution in [-0.2, 0) is 15.8 Å². The van der Waals surface area contributed by atoms with Crippen LogP contribution < -0.4 is 4.90 Å². The van der Waals surface area contributed by atoms with Gasteiger partial charge in [-0.25, -0.2) is 4.39 Å². The maximum atomic E-state index is 13.1. The van der Waals surface area contributed by atoms with Crippen molar-refractivity contribution in [2.45, 2.75) is 19.5 Å². The normalized spacial score (nSPS) is 18.9. The van der Waals surface area contributed by atoms with E-state index in [9.17, 15) is 27.2 Å². The fraction of sp³-hybridized carbons (Fsp3) is 0.429. The Kier molecular flexibility index (Phi) is 4.79. The molecule has 1 aromatic rings. The Morgan fingerprint density at radius 2 is 2.09 bits per heavy atom. The molecule has 0 spiro atoms. The van der Waals surface area contributed by atoms with E-state index in [-0.39, 0.29) is 29.7 Å². The Morgan fingerprint density at radius 3 is 2.68 bits per heavy atom. The second-order valence-corrected chi connectivity index (χ2v) is 6.23. The van der Waals surface area contributed by atoms with Crippen molar-refractivity contribution in [1.29, 1.82) is 0 Å². The molecule has 1 amide bonds. The smallest absolute Gasteiger partial charge is 0.311 e. The van der Waals surface area contributed by atoms with Crippen LogP contribution in [0.1, 0.15) is 18.9 Å². The minimum Gasteiger partial charge on any atom is -0.311 e. The number of anilines is 1. The van der Waals surface area contributed by atoms with Crippen molar-refractivity contribution in [3.8, 4) is 0 Å². The fourth-order valence-corrected chi connectivity index (χ4v) is 3.03. The fourth-order valence-electron chi connectivity index (χ4n) is 2.33. The van der Waals surface area contributed by atoms with E-state index in [1.807, 2.05) is 0 Å². The van der Waals surface area contributed by atoms with Gasteiger partial charge in [-0.2, -0.15) is 13.2 Å². The molecule has 0 aliphatic carbocycles. The number of carbonyl (C=O) groups excluding carboxylic acids is 2. The predicted octanol–water partition coefficient (Wildman–Crippen LogP) is 3.48. The summed E-state index contributed by atoms with van der Waals surface area (Å²) >= 11 is 1.04. The summed E-state index contributed by atoms with van der Waals surface area (Å²) in [5, 5.41) is -0.108. The molecule has 1 unspecified atom stereocenters. The zero-order valence-electron chi connectivity index (χ0n) is 11.6. The zero-order chi connectivity index (χ0) is 16.5. The van der Waals surface area contributed by atoms with E-state index >= 15 is 0 Å². The number of benzene rings is 1. The third kappa shape index (κ3) is 3.79. The first-order valence-electron chi connectivity index (χ1n) is 6.49. The molecule has 1 aromatic carbocycles. The average molecular weight is 335 g/mol. The van der Waals surface area contributed by atoms with Crippen LogP contribution in [0.25, 0.3) is 0 Å². The van der Waals surface area contributed by atoms with Crippen molar-refractivity contribution < 1.29 is 27.2 Å². The van der Waals surface area contributed by atoms with Gasteiger partial charge in [-0.05, 0) is 24.1 Å². The van der Waals surface area contributed by atoms with Gasteiger partial charge in [-0.15, -0.1) is 0 Å². The summed E-state index contributed by atoms with van der Waals surface area (Å²) in [5.74, 6) is -1.29. The number of nitrogens with zero attached hydrogens (tertiary/aromatic N) is 1. The highest BCUT2D eigenvalue weighted by molar-refractivity contribution is 8.13. The van der Waals surface area contributed by atoms with Crippen LogP contribution in [0.2, 0.25) is 0 Å². The predicted molar refractivity (Wildman–Crippen MR) is 75.0 cm³/mol. The van der Waals surface area contributed by atoms with Crippen molar-refractivity contribution in [3.63, 3.8) is 0 Å². The molecule has 1 fully saturated rings. The molecule has 1 atom stereocenters. The minimum atomic E-state index is -4.75. The molecule has 22 heavy (non-hydrogen) atoms. The Bertz CT molecular complexity index is 603. The number of carbonyl (C=O) groups is 2. The van der Waals surface area contributed by atoms with E-state index in [4.69, 9.17) is 0 Å². The second kappa shape index (κ2) is 6.28. The number of thioether (sulfide) groups is 1. The highest BCUT2D eigenvalue weighted by Crippen LogP contribution is 2.39. The lowest BCUT2D eigenvalue weighted by molar-refractivity contribution is -0.137. The molecular formula is C14H13F4NO2S. The Hall–Kier alpha value is -1.57. The van der Waals surface area contributed by atoms with Gasteiger partial charge in [0.2, 0.25) is 5.91 Å². The molecule has 1 saturated heterocycles. The molecule has 0 radical (unpaired) electrons. The molecule has 0 saturated carbocycles. The molecule has 3 nitrogen and oxygen atoms in total. The van der Waals surface area contributed by atoms with E-state index < -0.39 is 23.5 Å². The summed E-state index contributed by atoms with van der Waals surface area (Å²) in [4.78, 5) is 23.9. The van der Waals surface area contributed by atoms with Gasteiger partial charge in [0, 0.05) is 25.6 Å². The van der Waals surface area contributed by atoms with Crippen LogP contribution in [0.4, 0.5) is 23.2 Å². The second-order valence-electron chi connectivity index (χ2n) is 5.04. The summed E-state index contributed by atoms with van der Waals surface area (Å²) in [6.45, 7) is 1.48. The summed E-state index contributed by atoms with van der Waals surface area (Å²) in [5.41, 5.74) is -1.50. The molecule has 0 aromatic heterocycles. The Labute approximate surface area is 128 Å². The summed E-state index contributed by atoms with van der Waals surface area (Å²) < 4.78 is 52.1. The highest BCUT2D eigenvalue weighted by Gasteiger charge is 2.39. The van der Waals surface area contributed by atoms with Crippen molar-refractivity contribution >= 4 is 28.5 Å². The maximum Gasteiger partial charge on any atom is 0.418 e. The van der Waals surface area contributed by atoms with Crippen molar-refractivity contribution in [3.05, 3.63) is 29.6 Å². The molecule has 2 rings (SSSR count). The third-order valence-corrected chi connectivity index (χ3v) is 4.33. The number of halogens is 4. The third-order valence-electron chi connectivity index (χ3n) is 3.28. The van der Waals surface area contributed by atoms with Gasteiger partial charge in [0.25, 0.3) is 0 Å². The standard InChI is InChI=1S/C14H13F4NO2S/c1-8(20)22-7-9-4-13(21)19(6-9)12-3-2-10(15)5-11(12)14(16,17)18/h2-3,5,9H,4,6-7H2,1H3. The summed E-state index contributed by atoms with van der Waals surface area (Å²) in [6.07, 6.45) is -4.67. The molecule has 8 heteroatoms. The van der Waals surface area contributed by atoms with Crippen LogP contribution >= 0.6 is 11.8 Å². The Balaban J connectivity index is 2.25. The lowest BCUT2D eigenvalue weighted by Crippen LogP contribution is -2.27. The lowest BCUT2D eigenvalue weighted by atomic mass is 10.1. The molecule has 1 aliphatic heterocycles. The average Bonchev–Trinajstić information content (AvgIpc) is 2.76. The van der Waals surface area contributed by atoms with Crippen LogP contribution in [0.5, 0.6) is 0 Å². The number of rotatable bonds is 3. The van der Waals surface area contributed by atoms with Crippen molar-refractivity contribution in [1.82, 2.24) is 0 Å².